The highest BCUT2D eigenvalue weighted by Gasteiger charge is 2.44. The van der Waals surface area contributed by atoms with E-state index in [1.165, 1.54) is 19.9 Å². The summed E-state index contributed by atoms with van der Waals surface area (Å²) in [5.74, 6) is -4.41. The Kier molecular flexibility index (Phi) is 4.37. The third kappa shape index (κ3) is 3.48. The van der Waals surface area contributed by atoms with Crippen molar-refractivity contribution in [2.45, 2.75) is 26.2 Å². The summed E-state index contributed by atoms with van der Waals surface area (Å²) in [5, 5.41) is 8.87. The highest BCUT2D eigenvalue weighted by atomic mass is 79.9. The van der Waals surface area contributed by atoms with Crippen LogP contribution in [0.4, 0.5) is 8.78 Å². The van der Waals surface area contributed by atoms with Crippen LogP contribution in [0, 0.1) is 5.41 Å². The van der Waals surface area contributed by atoms with E-state index >= 15 is 0 Å². The minimum atomic E-state index is -3.18. The first kappa shape index (κ1) is 15.0. The van der Waals surface area contributed by atoms with E-state index in [9.17, 15) is 13.6 Å². The number of aliphatic carboxylic acids is 1. The Morgan fingerprint density at radius 1 is 1.47 bits per heavy atom. The third-order valence-electron chi connectivity index (χ3n) is 2.29. The quantitative estimate of drug-likeness (QED) is 0.795. The summed E-state index contributed by atoms with van der Waals surface area (Å²) >= 11 is 7.32. The molecule has 0 aliphatic rings. The van der Waals surface area contributed by atoms with Crippen molar-refractivity contribution < 1.29 is 18.7 Å². The van der Waals surface area contributed by atoms with E-state index in [1.807, 2.05) is 0 Å². The summed E-state index contributed by atoms with van der Waals surface area (Å²) in [4.78, 5) is 10.9. The van der Waals surface area contributed by atoms with E-state index in [4.69, 9.17) is 5.11 Å². The van der Waals surface area contributed by atoms with Crippen LogP contribution in [0.25, 0.3) is 0 Å². The van der Waals surface area contributed by atoms with Crippen LogP contribution in [0.3, 0.4) is 0 Å². The predicted octanol–water partition coefficient (Wildman–Crippen LogP) is 4.87. The number of alkyl halides is 2. The first-order valence-electron chi connectivity index (χ1n) is 4.63. The van der Waals surface area contributed by atoms with Crippen LogP contribution in [0.1, 0.15) is 25.8 Å². The molecule has 1 heterocycles. The maximum absolute atomic E-state index is 14.0. The zero-order valence-electron chi connectivity index (χ0n) is 9.06. The number of carboxylic acid groups (broad SMARTS) is 1. The van der Waals surface area contributed by atoms with Crippen molar-refractivity contribution in [3.63, 3.8) is 0 Å². The summed E-state index contributed by atoms with van der Waals surface area (Å²) in [7, 11) is 0. The molecule has 0 radical (unpaired) electrons. The van der Waals surface area contributed by atoms with Gasteiger partial charge in [-0.2, -0.15) is 0 Å². The van der Waals surface area contributed by atoms with E-state index in [-0.39, 0.29) is 5.56 Å². The summed E-state index contributed by atoms with van der Waals surface area (Å²) in [5.41, 5.74) is -1.65. The molecule has 0 spiro atoms. The van der Waals surface area contributed by atoms with Gasteiger partial charge in [-0.1, -0.05) is 0 Å². The number of halogens is 4. The van der Waals surface area contributed by atoms with Crippen molar-refractivity contribution in [2.75, 3.05) is 0 Å². The molecule has 0 amide bonds. The van der Waals surface area contributed by atoms with E-state index in [0.29, 0.717) is 7.57 Å². The zero-order valence-corrected chi connectivity index (χ0v) is 13.0. The normalized spacial score (nSPS) is 12.8. The smallest absolute Gasteiger partial charge is 0.309 e. The molecule has 1 aromatic rings. The molecule has 0 saturated carbocycles. The number of hydrogen-bond donors (Lipinski definition) is 1. The van der Waals surface area contributed by atoms with E-state index in [1.54, 1.807) is 0 Å². The van der Waals surface area contributed by atoms with Gasteiger partial charge in [-0.3, -0.25) is 4.79 Å². The molecular formula is C10H10Br2F2O2S. The molecule has 0 unspecified atom stereocenters. The van der Waals surface area contributed by atoms with Gasteiger partial charge in [0.15, 0.2) is 0 Å². The molecule has 96 valence electrons. The SMILES string of the molecule is CC(C)(CC(F)(F)c1cc(Br)sc1Br)C(=O)O. The molecule has 0 saturated heterocycles. The Labute approximate surface area is 118 Å². The number of carboxylic acids is 1. The van der Waals surface area contributed by atoms with Crippen LogP contribution in [0.5, 0.6) is 0 Å². The molecule has 1 aromatic heterocycles. The van der Waals surface area contributed by atoms with Crippen LogP contribution in [-0.4, -0.2) is 11.1 Å². The average Bonchev–Trinajstić information content (AvgIpc) is 2.43. The van der Waals surface area contributed by atoms with E-state index in [0.717, 1.165) is 11.3 Å². The van der Waals surface area contributed by atoms with E-state index < -0.39 is 23.7 Å². The lowest BCUT2D eigenvalue weighted by atomic mass is 9.85. The standard InChI is InChI=1S/C10H10Br2F2O2S/c1-9(2,8(15)16)4-10(13,14)5-3-6(11)17-7(5)12/h3H,4H2,1-2H3,(H,15,16). The van der Waals surface area contributed by atoms with Crippen LogP contribution >= 0.6 is 43.2 Å². The highest BCUT2D eigenvalue weighted by Crippen LogP contribution is 2.46. The maximum Gasteiger partial charge on any atom is 0.309 e. The number of rotatable bonds is 4. The van der Waals surface area contributed by atoms with Gasteiger partial charge in [-0.25, -0.2) is 8.78 Å². The van der Waals surface area contributed by atoms with Gasteiger partial charge in [-0.05, 0) is 51.8 Å². The molecule has 2 nitrogen and oxygen atoms in total. The second-order valence-corrected chi connectivity index (χ2v) is 8.06. The fraction of sp³-hybridized carbons (Fsp3) is 0.500. The zero-order chi connectivity index (χ0) is 13.4. The van der Waals surface area contributed by atoms with Crippen molar-refractivity contribution >= 4 is 49.2 Å². The van der Waals surface area contributed by atoms with Gasteiger partial charge in [0.1, 0.15) is 0 Å². The van der Waals surface area contributed by atoms with Crippen molar-refractivity contribution in [3.05, 3.63) is 19.2 Å². The van der Waals surface area contributed by atoms with Crippen LogP contribution in [0.2, 0.25) is 0 Å². The fourth-order valence-corrected chi connectivity index (χ4v) is 4.28. The number of carbonyl (C=O) groups is 1. The summed E-state index contributed by atoms with van der Waals surface area (Å²) in [6.45, 7) is 2.58. The second-order valence-electron chi connectivity index (χ2n) is 4.31. The molecule has 7 heteroatoms. The molecule has 0 aromatic carbocycles. The van der Waals surface area contributed by atoms with Crippen molar-refractivity contribution in [3.8, 4) is 0 Å². The fourth-order valence-electron chi connectivity index (χ4n) is 1.32. The first-order chi connectivity index (χ1) is 7.56. The Balaban J connectivity index is 3.04. The minimum absolute atomic E-state index is 0.177. The predicted molar refractivity (Wildman–Crippen MR) is 69.6 cm³/mol. The van der Waals surface area contributed by atoms with Gasteiger partial charge in [0.05, 0.1) is 13.0 Å². The molecule has 0 fully saturated rings. The Morgan fingerprint density at radius 2 is 2.00 bits per heavy atom. The lowest BCUT2D eigenvalue weighted by Crippen LogP contribution is -2.31. The molecule has 0 aliphatic heterocycles. The van der Waals surface area contributed by atoms with Crippen molar-refractivity contribution in [2.24, 2.45) is 5.41 Å². The van der Waals surface area contributed by atoms with Crippen LogP contribution < -0.4 is 0 Å². The molecule has 17 heavy (non-hydrogen) atoms. The second kappa shape index (κ2) is 4.93. The Morgan fingerprint density at radius 3 is 2.35 bits per heavy atom. The summed E-state index contributed by atoms with van der Waals surface area (Å²) in [6.07, 6.45) is -0.739. The van der Waals surface area contributed by atoms with E-state index in [2.05, 4.69) is 31.9 Å². The molecular weight excluding hydrogens is 382 g/mol. The number of thiophene rings is 1. The summed E-state index contributed by atoms with van der Waals surface area (Å²) < 4.78 is 28.8. The van der Waals surface area contributed by atoms with Gasteiger partial charge in [-0.15, -0.1) is 11.3 Å². The lowest BCUT2D eigenvalue weighted by molar-refractivity contribution is -0.153. The van der Waals surface area contributed by atoms with Crippen molar-refractivity contribution in [1.82, 2.24) is 0 Å². The maximum atomic E-state index is 14.0. The van der Waals surface area contributed by atoms with Crippen LogP contribution in [-0.2, 0) is 10.7 Å². The topological polar surface area (TPSA) is 37.3 Å². The average molecular weight is 392 g/mol. The van der Waals surface area contributed by atoms with Gasteiger partial charge >= 0.3 is 5.97 Å². The highest BCUT2D eigenvalue weighted by molar-refractivity contribution is 9.12. The molecule has 0 aliphatic carbocycles. The van der Waals surface area contributed by atoms with Crippen molar-refractivity contribution in [1.29, 1.82) is 0 Å². The first-order valence-corrected chi connectivity index (χ1v) is 7.03. The molecule has 0 atom stereocenters. The van der Waals surface area contributed by atoms with Gasteiger partial charge < -0.3 is 5.11 Å². The Bertz CT molecular complexity index is 444. The third-order valence-corrected chi connectivity index (χ3v) is 4.63. The molecule has 1 rings (SSSR count). The molecule has 1 N–H and O–H groups in total. The number of hydrogen-bond acceptors (Lipinski definition) is 2. The largest absolute Gasteiger partial charge is 0.481 e. The van der Waals surface area contributed by atoms with Gasteiger partial charge in [0, 0.05) is 12.0 Å². The van der Waals surface area contributed by atoms with Gasteiger partial charge in [0.2, 0.25) is 0 Å². The van der Waals surface area contributed by atoms with Crippen LogP contribution in [0.15, 0.2) is 13.6 Å². The summed E-state index contributed by atoms with van der Waals surface area (Å²) in [6, 6.07) is 1.31. The Hall–Kier alpha value is -0.0100. The monoisotopic (exact) mass is 390 g/mol. The lowest BCUT2D eigenvalue weighted by Gasteiger charge is -2.25. The van der Waals surface area contributed by atoms with Gasteiger partial charge in [0.25, 0.3) is 5.92 Å². The molecule has 0 bridgehead atoms. The minimum Gasteiger partial charge on any atom is -0.481 e.